The molecule has 0 aliphatic heterocycles. The van der Waals surface area contributed by atoms with Crippen LogP contribution < -0.4 is 4.90 Å². The van der Waals surface area contributed by atoms with Gasteiger partial charge < -0.3 is 4.90 Å². The number of unbranched alkanes of at least 4 members (excludes halogenated alkanes) is 2. The maximum atomic E-state index is 11.4. The van der Waals surface area contributed by atoms with Crippen molar-refractivity contribution in [3.05, 3.63) is 28.8 Å². The Labute approximate surface area is 121 Å². The highest BCUT2D eigenvalue weighted by molar-refractivity contribution is 6.33. The lowest BCUT2D eigenvalue weighted by Crippen LogP contribution is -2.32. The van der Waals surface area contributed by atoms with E-state index in [0.29, 0.717) is 16.6 Å². The Kier molecular flexibility index (Phi) is 6.36. The Balaban J connectivity index is 2.93. The summed E-state index contributed by atoms with van der Waals surface area (Å²) >= 11 is 6.33. The number of rotatable bonds is 7. The molecule has 0 unspecified atom stereocenters. The molecule has 1 aromatic rings. The number of Topliss-reactive ketones (excluding diaryl/α,β-unsaturated/α-hetero) is 1. The molecule has 0 bridgehead atoms. The summed E-state index contributed by atoms with van der Waals surface area (Å²) in [5.41, 5.74) is 1.70. The topological polar surface area (TPSA) is 20.3 Å². The summed E-state index contributed by atoms with van der Waals surface area (Å²) in [6.45, 7) is 9.11. The fourth-order valence-electron chi connectivity index (χ4n) is 2.15. The summed E-state index contributed by atoms with van der Waals surface area (Å²) < 4.78 is 0. The third-order valence-electron chi connectivity index (χ3n) is 3.29. The summed E-state index contributed by atoms with van der Waals surface area (Å²) in [5.74, 6) is 0.0514. The maximum absolute atomic E-state index is 11.4. The number of nitrogens with zero attached hydrogens (tertiary/aromatic N) is 1. The number of benzene rings is 1. The number of hydrogen-bond acceptors (Lipinski definition) is 2. The van der Waals surface area contributed by atoms with Gasteiger partial charge in [-0.05, 0) is 45.4 Å². The molecule has 0 spiro atoms. The maximum Gasteiger partial charge on any atom is 0.159 e. The summed E-state index contributed by atoms with van der Waals surface area (Å²) in [6, 6.07) is 6.00. The highest BCUT2D eigenvalue weighted by atomic mass is 35.5. The van der Waals surface area contributed by atoms with Gasteiger partial charge >= 0.3 is 0 Å². The van der Waals surface area contributed by atoms with Crippen molar-refractivity contribution in [3.63, 3.8) is 0 Å². The number of anilines is 1. The van der Waals surface area contributed by atoms with Gasteiger partial charge in [0, 0.05) is 18.2 Å². The van der Waals surface area contributed by atoms with Crippen LogP contribution >= 0.6 is 11.6 Å². The van der Waals surface area contributed by atoms with Crippen LogP contribution in [0.1, 0.15) is 57.3 Å². The minimum absolute atomic E-state index is 0.0514. The Morgan fingerprint density at radius 3 is 2.47 bits per heavy atom. The van der Waals surface area contributed by atoms with Gasteiger partial charge in [-0.25, -0.2) is 0 Å². The van der Waals surface area contributed by atoms with Gasteiger partial charge in [-0.3, -0.25) is 4.79 Å². The predicted molar refractivity (Wildman–Crippen MR) is 83.5 cm³/mol. The zero-order chi connectivity index (χ0) is 14.4. The van der Waals surface area contributed by atoms with E-state index in [2.05, 4.69) is 25.7 Å². The molecule has 19 heavy (non-hydrogen) atoms. The first-order chi connectivity index (χ1) is 8.97. The van der Waals surface area contributed by atoms with Gasteiger partial charge in [-0.1, -0.05) is 31.4 Å². The first-order valence-electron chi connectivity index (χ1n) is 7.04. The first-order valence-corrected chi connectivity index (χ1v) is 7.42. The molecule has 0 radical (unpaired) electrons. The molecule has 0 saturated carbocycles. The van der Waals surface area contributed by atoms with E-state index in [1.54, 1.807) is 13.0 Å². The van der Waals surface area contributed by atoms with Gasteiger partial charge in [0.25, 0.3) is 0 Å². The van der Waals surface area contributed by atoms with E-state index >= 15 is 0 Å². The van der Waals surface area contributed by atoms with Gasteiger partial charge in [-0.2, -0.15) is 0 Å². The van der Waals surface area contributed by atoms with Gasteiger partial charge in [-0.15, -0.1) is 0 Å². The fourth-order valence-corrected chi connectivity index (χ4v) is 2.44. The van der Waals surface area contributed by atoms with Crippen LogP contribution in [0.4, 0.5) is 5.69 Å². The van der Waals surface area contributed by atoms with E-state index < -0.39 is 0 Å². The molecule has 3 heteroatoms. The van der Waals surface area contributed by atoms with Gasteiger partial charge in [0.1, 0.15) is 0 Å². The lowest BCUT2D eigenvalue weighted by atomic mass is 10.1. The van der Waals surface area contributed by atoms with Gasteiger partial charge in [0.05, 0.1) is 10.7 Å². The Morgan fingerprint density at radius 1 is 1.32 bits per heavy atom. The molecule has 2 nitrogen and oxygen atoms in total. The number of ketones is 1. The summed E-state index contributed by atoms with van der Waals surface area (Å²) in [4.78, 5) is 13.7. The molecule has 0 aliphatic rings. The van der Waals surface area contributed by atoms with E-state index in [9.17, 15) is 4.79 Å². The van der Waals surface area contributed by atoms with Gasteiger partial charge in [0.15, 0.2) is 5.78 Å². The Morgan fingerprint density at radius 2 is 2.00 bits per heavy atom. The highest BCUT2D eigenvalue weighted by Gasteiger charge is 2.14. The molecule has 0 N–H and O–H groups in total. The Hall–Kier alpha value is -1.02. The second-order valence-electron chi connectivity index (χ2n) is 5.22. The van der Waals surface area contributed by atoms with E-state index in [-0.39, 0.29) is 5.78 Å². The zero-order valence-electron chi connectivity index (χ0n) is 12.4. The molecular formula is C16H24ClNO. The second kappa shape index (κ2) is 7.54. The van der Waals surface area contributed by atoms with Crippen LogP contribution in [-0.4, -0.2) is 18.4 Å². The molecule has 0 aromatic heterocycles. The SMILES string of the molecule is CCCCCN(c1ccc(C(C)=O)cc1Cl)C(C)C. The average Bonchev–Trinajstić information content (AvgIpc) is 2.35. The van der Waals surface area contributed by atoms with E-state index in [1.165, 1.54) is 19.3 Å². The third-order valence-corrected chi connectivity index (χ3v) is 3.59. The highest BCUT2D eigenvalue weighted by Crippen LogP contribution is 2.29. The monoisotopic (exact) mass is 281 g/mol. The van der Waals surface area contributed by atoms with Crippen LogP contribution in [0.5, 0.6) is 0 Å². The average molecular weight is 282 g/mol. The molecule has 0 heterocycles. The quantitative estimate of drug-likeness (QED) is 0.521. The van der Waals surface area contributed by atoms with Crippen LogP contribution in [0.25, 0.3) is 0 Å². The standard InChI is InChI=1S/C16H24ClNO/c1-5-6-7-10-18(12(2)3)16-9-8-14(13(4)19)11-15(16)17/h8-9,11-12H,5-7,10H2,1-4H3. The minimum atomic E-state index is 0.0514. The number of carbonyl (C=O) groups excluding carboxylic acids is 1. The number of hydrogen-bond donors (Lipinski definition) is 0. The van der Waals surface area contributed by atoms with Crippen molar-refractivity contribution in [2.24, 2.45) is 0 Å². The van der Waals surface area contributed by atoms with Crippen LogP contribution in [0.15, 0.2) is 18.2 Å². The van der Waals surface area contributed by atoms with Crippen molar-refractivity contribution < 1.29 is 4.79 Å². The van der Waals surface area contributed by atoms with Crippen LogP contribution in [-0.2, 0) is 0 Å². The van der Waals surface area contributed by atoms with Crippen LogP contribution in [0.2, 0.25) is 5.02 Å². The lowest BCUT2D eigenvalue weighted by Gasteiger charge is -2.30. The predicted octanol–water partition coefficient (Wildman–Crippen LogP) is 4.95. The normalized spacial score (nSPS) is 10.8. The summed E-state index contributed by atoms with van der Waals surface area (Å²) in [7, 11) is 0. The molecular weight excluding hydrogens is 258 g/mol. The minimum Gasteiger partial charge on any atom is -0.368 e. The van der Waals surface area contributed by atoms with Crippen molar-refractivity contribution in [3.8, 4) is 0 Å². The second-order valence-corrected chi connectivity index (χ2v) is 5.62. The number of carbonyl (C=O) groups is 1. The molecule has 0 atom stereocenters. The molecule has 1 rings (SSSR count). The molecule has 0 saturated heterocycles. The van der Waals surface area contributed by atoms with Crippen LogP contribution in [0, 0.1) is 0 Å². The fraction of sp³-hybridized carbons (Fsp3) is 0.562. The zero-order valence-corrected chi connectivity index (χ0v) is 13.1. The summed E-state index contributed by atoms with van der Waals surface area (Å²) in [5, 5.41) is 0.665. The molecule has 0 aliphatic carbocycles. The molecule has 0 fully saturated rings. The largest absolute Gasteiger partial charge is 0.368 e. The molecule has 106 valence electrons. The first kappa shape index (κ1) is 16.0. The van der Waals surface area contributed by atoms with Crippen LogP contribution in [0.3, 0.4) is 0 Å². The van der Waals surface area contributed by atoms with Crippen molar-refractivity contribution in [2.45, 2.75) is 53.0 Å². The number of halogens is 1. The molecule has 1 aromatic carbocycles. The van der Waals surface area contributed by atoms with Crippen molar-refractivity contribution in [1.29, 1.82) is 0 Å². The lowest BCUT2D eigenvalue weighted by molar-refractivity contribution is 0.101. The van der Waals surface area contributed by atoms with E-state index in [4.69, 9.17) is 11.6 Å². The van der Waals surface area contributed by atoms with Crippen molar-refractivity contribution in [1.82, 2.24) is 0 Å². The van der Waals surface area contributed by atoms with Crippen molar-refractivity contribution in [2.75, 3.05) is 11.4 Å². The molecule has 0 amide bonds. The van der Waals surface area contributed by atoms with Crippen molar-refractivity contribution >= 4 is 23.1 Å². The van der Waals surface area contributed by atoms with E-state index in [1.807, 2.05) is 12.1 Å². The smallest absolute Gasteiger partial charge is 0.159 e. The summed E-state index contributed by atoms with van der Waals surface area (Å²) in [6.07, 6.45) is 3.61. The van der Waals surface area contributed by atoms with Gasteiger partial charge in [0.2, 0.25) is 0 Å². The third kappa shape index (κ3) is 4.54. The Bertz CT molecular complexity index is 429. The van der Waals surface area contributed by atoms with E-state index in [0.717, 1.165) is 12.2 Å².